The Balaban J connectivity index is 1.30. The smallest absolute Gasteiger partial charge is 0.148 e. The molecule has 0 unspecified atom stereocenters. The van der Waals surface area contributed by atoms with E-state index in [-0.39, 0.29) is 0 Å². The molecule has 2 fully saturated rings. The maximum absolute atomic E-state index is 5.24. The molecule has 2 aliphatic rings. The van der Waals surface area contributed by atoms with Gasteiger partial charge in [0, 0.05) is 19.1 Å². The van der Waals surface area contributed by atoms with E-state index in [2.05, 4.69) is 46.3 Å². The van der Waals surface area contributed by atoms with Crippen molar-refractivity contribution >= 4 is 5.82 Å². The van der Waals surface area contributed by atoms with Crippen molar-refractivity contribution in [2.24, 2.45) is 17.3 Å². The largest absolute Gasteiger partial charge is 0.366 e. The predicted molar refractivity (Wildman–Crippen MR) is 111 cm³/mol. The molecule has 2 aromatic heterocycles. The van der Waals surface area contributed by atoms with Gasteiger partial charge in [0.15, 0.2) is 0 Å². The molecule has 152 valence electrons. The highest BCUT2D eigenvalue weighted by Gasteiger charge is 2.40. The topological polar surface area (TPSA) is 67.1 Å². The summed E-state index contributed by atoms with van der Waals surface area (Å²) < 4.78 is 5.24. The van der Waals surface area contributed by atoms with Crippen molar-refractivity contribution in [3.63, 3.8) is 0 Å². The molecule has 6 heteroatoms. The molecule has 3 heterocycles. The fourth-order valence-corrected chi connectivity index (χ4v) is 4.79. The molecular formula is C22H33N5O. The van der Waals surface area contributed by atoms with Gasteiger partial charge in [0.1, 0.15) is 11.6 Å². The van der Waals surface area contributed by atoms with E-state index in [4.69, 9.17) is 4.52 Å². The molecule has 1 aliphatic heterocycles. The second-order valence-electron chi connectivity index (χ2n) is 9.91. The van der Waals surface area contributed by atoms with Gasteiger partial charge < -0.3 is 14.7 Å². The van der Waals surface area contributed by atoms with Gasteiger partial charge in [-0.2, -0.15) is 0 Å². The lowest BCUT2D eigenvalue weighted by atomic mass is 9.92. The van der Waals surface area contributed by atoms with Crippen LogP contribution in [0.2, 0.25) is 0 Å². The van der Waals surface area contributed by atoms with E-state index in [1.54, 1.807) is 0 Å². The quantitative estimate of drug-likeness (QED) is 0.830. The third-order valence-corrected chi connectivity index (χ3v) is 6.31. The zero-order chi connectivity index (χ0) is 19.9. The molecule has 6 nitrogen and oxygen atoms in total. The summed E-state index contributed by atoms with van der Waals surface area (Å²) in [5, 5.41) is 16.4. The van der Waals surface area contributed by atoms with Crippen molar-refractivity contribution < 1.29 is 4.52 Å². The maximum Gasteiger partial charge on any atom is 0.148 e. The van der Waals surface area contributed by atoms with Gasteiger partial charge >= 0.3 is 0 Å². The summed E-state index contributed by atoms with van der Waals surface area (Å²) in [5.74, 6) is 3.30. The lowest BCUT2D eigenvalue weighted by molar-refractivity contribution is 0.250. The lowest BCUT2D eigenvalue weighted by Crippen LogP contribution is -2.28. The number of nitrogens with zero attached hydrogens (tertiary/aromatic N) is 4. The van der Waals surface area contributed by atoms with Gasteiger partial charge in [0.25, 0.3) is 0 Å². The highest BCUT2D eigenvalue weighted by atomic mass is 16.5. The van der Waals surface area contributed by atoms with Crippen molar-refractivity contribution in [3.05, 3.63) is 23.6 Å². The Hall–Kier alpha value is -1.95. The normalized spacial score (nSPS) is 25.2. The Labute approximate surface area is 168 Å². The van der Waals surface area contributed by atoms with Gasteiger partial charge in [-0.05, 0) is 69.0 Å². The molecule has 0 bridgehead atoms. The number of hydrogen-bond donors (Lipinski definition) is 1. The number of rotatable bonds is 5. The minimum Gasteiger partial charge on any atom is -0.366 e. The maximum atomic E-state index is 5.24. The van der Waals surface area contributed by atoms with Crippen LogP contribution in [0.3, 0.4) is 0 Å². The lowest BCUT2D eigenvalue weighted by Gasteiger charge is -2.24. The monoisotopic (exact) mass is 383 g/mol. The summed E-state index contributed by atoms with van der Waals surface area (Å²) in [6.07, 6.45) is 3.76. The number of nitrogens with one attached hydrogen (secondary N) is 1. The first-order valence-electron chi connectivity index (χ1n) is 10.5. The third-order valence-electron chi connectivity index (χ3n) is 6.31. The van der Waals surface area contributed by atoms with E-state index in [9.17, 15) is 0 Å². The van der Waals surface area contributed by atoms with Gasteiger partial charge in [0.2, 0.25) is 0 Å². The summed E-state index contributed by atoms with van der Waals surface area (Å²) in [6.45, 7) is 14.6. The summed E-state index contributed by atoms with van der Waals surface area (Å²) >= 11 is 0. The fourth-order valence-electron chi connectivity index (χ4n) is 4.79. The van der Waals surface area contributed by atoms with Crippen molar-refractivity contribution in [2.75, 3.05) is 25.0 Å². The Morgan fingerprint density at radius 1 is 1.11 bits per heavy atom. The van der Waals surface area contributed by atoms with Crippen LogP contribution in [0.5, 0.6) is 0 Å². The van der Waals surface area contributed by atoms with E-state index < -0.39 is 0 Å². The predicted octanol–water partition coefficient (Wildman–Crippen LogP) is 4.31. The average molecular weight is 384 g/mol. The minimum absolute atomic E-state index is 0.427. The molecule has 4 rings (SSSR count). The van der Waals surface area contributed by atoms with Gasteiger partial charge in [-0.25, -0.2) is 0 Å². The number of likely N-dealkylation sites (tertiary alicyclic amines) is 1. The SMILES string of the molecule is Cc1noc(C)c1-c1ccc(N[C@@H]2C[C@@H]3CN(CCC(C)(C)C)C[C@@H]3C2)nn1. The van der Waals surface area contributed by atoms with Crippen LogP contribution < -0.4 is 5.32 Å². The fraction of sp³-hybridized carbons (Fsp3) is 0.682. The van der Waals surface area contributed by atoms with Crippen LogP contribution in [0.1, 0.15) is 51.5 Å². The van der Waals surface area contributed by atoms with Gasteiger partial charge in [-0.15, -0.1) is 10.2 Å². The number of fused-ring (bicyclic) bond motifs is 1. The van der Waals surface area contributed by atoms with Crippen LogP contribution in [0.25, 0.3) is 11.3 Å². The summed E-state index contributed by atoms with van der Waals surface area (Å²) in [5.41, 5.74) is 3.05. The molecule has 1 saturated heterocycles. The average Bonchev–Trinajstić information content (AvgIpc) is 3.27. The minimum atomic E-state index is 0.427. The molecule has 0 aromatic carbocycles. The van der Waals surface area contributed by atoms with Crippen molar-refractivity contribution in [3.8, 4) is 11.3 Å². The van der Waals surface area contributed by atoms with E-state index in [1.165, 1.54) is 38.9 Å². The van der Waals surface area contributed by atoms with E-state index in [0.717, 1.165) is 40.4 Å². The number of anilines is 1. The highest BCUT2D eigenvalue weighted by molar-refractivity contribution is 5.63. The molecule has 1 aliphatic carbocycles. The van der Waals surface area contributed by atoms with Crippen LogP contribution >= 0.6 is 0 Å². The Morgan fingerprint density at radius 3 is 2.36 bits per heavy atom. The molecule has 0 radical (unpaired) electrons. The molecule has 3 atom stereocenters. The molecular weight excluding hydrogens is 350 g/mol. The molecule has 2 aromatic rings. The highest BCUT2D eigenvalue weighted by Crippen LogP contribution is 2.39. The van der Waals surface area contributed by atoms with Gasteiger partial charge in [-0.3, -0.25) is 0 Å². The second kappa shape index (κ2) is 7.47. The first-order chi connectivity index (χ1) is 13.3. The van der Waals surface area contributed by atoms with Crippen molar-refractivity contribution in [1.29, 1.82) is 0 Å². The van der Waals surface area contributed by atoms with Gasteiger partial charge in [-0.1, -0.05) is 25.9 Å². The number of aryl methyl sites for hydroxylation is 2. The van der Waals surface area contributed by atoms with Crippen molar-refractivity contribution in [1.82, 2.24) is 20.3 Å². The summed E-state index contributed by atoms with van der Waals surface area (Å²) in [6, 6.07) is 4.54. The van der Waals surface area contributed by atoms with E-state index in [1.807, 2.05) is 26.0 Å². The molecule has 0 spiro atoms. The van der Waals surface area contributed by atoms with Gasteiger partial charge in [0.05, 0.1) is 17.0 Å². The summed E-state index contributed by atoms with van der Waals surface area (Å²) in [4.78, 5) is 2.68. The van der Waals surface area contributed by atoms with Crippen molar-refractivity contribution in [2.45, 2.75) is 59.9 Å². The van der Waals surface area contributed by atoms with E-state index in [0.29, 0.717) is 11.5 Å². The van der Waals surface area contributed by atoms with E-state index >= 15 is 0 Å². The molecule has 1 saturated carbocycles. The van der Waals surface area contributed by atoms with Crippen LogP contribution in [-0.2, 0) is 0 Å². The molecule has 28 heavy (non-hydrogen) atoms. The van der Waals surface area contributed by atoms with Crippen LogP contribution in [0.15, 0.2) is 16.7 Å². The Morgan fingerprint density at radius 2 is 1.82 bits per heavy atom. The second-order valence-corrected chi connectivity index (χ2v) is 9.91. The molecule has 0 amide bonds. The zero-order valence-corrected chi connectivity index (χ0v) is 17.8. The first-order valence-corrected chi connectivity index (χ1v) is 10.5. The Bertz CT molecular complexity index is 774. The zero-order valence-electron chi connectivity index (χ0n) is 17.8. The number of hydrogen-bond acceptors (Lipinski definition) is 6. The Kier molecular flexibility index (Phi) is 5.17. The summed E-state index contributed by atoms with van der Waals surface area (Å²) in [7, 11) is 0. The van der Waals surface area contributed by atoms with Crippen LogP contribution in [-0.4, -0.2) is 45.9 Å². The first kappa shape index (κ1) is 19.4. The standard InChI is InChI=1S/C22H33N5O/c1-14-21(15(2)28-26-14)19-6-7-20(25-24-19)23-18-10-16-12-27(13-17(16)11-18)9-8-22(3,4)5/h6-7,16-18H,8-13H2,1-5H3,(H,23,25)/t16-,17+,18-. The molecule has 1 N–H and O–H groups in total. The number of aromatic nitrogens is 3. The van der Waals surface area contributed by atoms with Crippen LogP contribution in [0, 0.1) is 31.1 Å². The van der Waals surface area contributed by atoms with Crippen LogP contribution in [0.4, 0.5) is 5.82 Å². The third kappa shape index (κ3) is 4.22.